The Labute approximate surface area is 90.5 Å². The zero-order valence-electron chi connectivity index (χ0n) is 8.52. The highest BCUT2D eigenvalue weighted by Gasteiger charge is 2.20. The van der Waals surface area contributed by atoms with E-state index < -0.39 is 0 Å². The van der Waals surface area contributed by atoms with Crippen molar-refractivity contribution in [1.29, 1.82) is 0 Å². The molecule has 1 nitrogen and oxygen atoms in total. The average Bonchev–Trinajstić information content (AvgIpc) is 2.96. The molecule has 0 heterocycles. The SMILES string of the molecule is Cc1cccc(NCCC2CC2)c1Cl. The van der Waals surface area contributed by atoms with Crippen molar-refractivity contribution in [3.05, 3.63) is 28.8 Å². The zero-order chi connectivity index (χ0) is 9.97. The van der Waals surface area contributed by atoms with Gasteiger partial charge in [0.25, 0.3) is 0 Å². The van der Waals surface area contributed by atoms with Gasteiger partial charge in [0.15, 0.2) is 0 Å². The first-order chi connectivity index (χ1) is 6.77. The number of rotatable bonds is 4. The van der Waals surface area contributed by atoms with Gasteiger partial charge in [-0.15, -0.1) is 0 Å². The fourth-order valence-electron chi connectivity index (χ4n) is 1.60. The Morgan fingerprint density at radius 1 is 1.43 bits per heavy atom. The van der Waals surface area contributed by atoms with E-state index in [-0.39, 0.29) is 0 Å². The Hall–Kier alpha value is -0.690. The van der Waals surface area contributed by atoms with Crippen LogP contribution in [0.15, 0.2) is 18.2 Å². The van der Waals surface area contributed by atoms with Crippen LogP contribution < -0.4 is 5.32 Å². The summed E-state index contributed by atoms with van der Waals surface area (Å²) in [6.07, 6.45) is 4.12. The summed E-state index contributed by atoms with van der Waals surface area (Å²) in [5.74, 6) is 0.978. The van der Waals surface area contributed by atoms with E-state index in [2.05, 4.69) is 5.32 Å². The van der Waals surface area contributed by atoms with E-state index in [1.54, 1.807) is 0 Å². The number of benzene rings is 1. The molecule has 0 radical (unpaired) electrons. The van der Waals surface area contributed by atoms with Crippen LogP contribution in [0.25, 0.3) is 0 Å². The molecular formula is C12H16ClN. The van der Waals surface area contributed by atoms with Crippen LogP contribution in [0.5, 0.6) is 0 Å². The summed E-state index contributed by atoms with van der Waals surface area (Å²) >= 11 is 6.16. The van der Waals surface area contributed by atoms with Gasteiger partial charge in [0.05, 0.1) is 10.7 Å². The molecule has 1 aliphatic carbocycles. The third-order valence-corrected chi connectivity index (χ3v) is 3.26. The lowest BCUT2D eigenvalue weighted by Crippen LogP contribution is -2.02. The predicted molar refractivity (Wildman–Crippen MR) is 62.0 cm³/mol. The molecule has 1 aromatic carbocycles. The van der Waals surface area contributed by atoms with Crippen molar-refractivity contribution in [1.82, 2.24) is 0 Å². The standard InChI is InChI=1S/C12H16ClN/c1-9-3-2-4-11(12(9)13)14-8-7-10-5-6-10/h2-4,10,14H,5-8H2,1H3. The molecule has 0 atom stereocenters. The molecule has 0 bridgehead atoms. The van der Waals surface area contributed by atoms with Gasteiger partial charge in [0.1, 0.15) is 0 Å². The van der Waals surface area contributed by atoms with E-state index in [0.29, 0.717) is 0 Å². The highest BCUT2D eigenvalue weighted by molar-refractivity contribution is 6.33. The number of aryl methyl sites for hydroxylation is 1. The Kier molecular flexibility index (Phi) is 2.97. The van der Waals surface area contributed by atoms with Crippen molar-refractivity contribution in [2.75, 3.05) is 11.9 Å². The molecule has 14 heavy (non-hydrogen) atoms. The quantitative estimate of drug-likeness (QED) is 0.794. The lowest BCUT2D eigenvalue weighted by molar-refractivity contribution is 0.760. The molecular weight excluding hydrogens is 194 g/mol. The Morgan fingerprint density at radius 3 is 2.93 bits per heavy atom. The number of halogens is 1. The van der Waals surface area contributed by atoms with Gasteiger partial charge in [0, 0.05) is 6.54 Å². The average molecular weight is 210 g/mol. The molecule has 0 spiro atoms. The van der Waals surface area contributed by atoms with Crippen LogP contribution in [0.3, 0.4) is 0 Å². The van der Waals surface area contributed by atoms with Gasteiger partial charge >= 0.3 is 0 Å². The largest absolute Gasteiger partial charge is 0.384 e. The lowest BCUT2D eigenvalue weighted by atomic mass is 10.2. The fraction of sp³-hybridized carbons (Fsp3) is 0.500. The zero-order valence-corrected chi connectivity index (χ0v) is 9.27. The molecule has 1 N–H and O–H groups in total. The van der Waals surface area contributed by atoms with Crippen molar-refractivity contribution in [3.63, 3.8) is 0 Å². The molecule has 1 aliphatic rings. The third-order valence-electron chi connectivity index (χ3n) is 2.76. The molecule has 0 unspecified atom stereocenters. The van der Waals surface area contributed by atoms with Crippen LogP contribution in [0.2, 0.25) is 5.02 Å². The van der Waals surface area contributed by atoms with Gasteiger partial charge < -0.3 is 5.32 Å². The van der Waals surface area contributed by atoms with Crippen LogP contribution in [-0.2, 0) is 0 Å². The van der Waals surface area contributed by atoms with Crippen LogP contribution in [0.1, 0.15) is 24.8 Å². The summed E-state index contributed by atoms with van der Waals surface area (Å²) < 4.78 is 0. The maximum Gasteiger partial charge on any atom is 0.0666 e. The monoisotopic (exact) mass is 209 g/mol. The molecule has 1 saturated carbocycles. The van der Waals surface area contributed by atoms with Gasteiger partial charge in [-0.3, -0.25) is 0 Å². The third kappa shape index (κ3) is 2.42. The molecule has 2 heteroatoms. The second kappa shape index (κ2) is 4.22. The molecule has 2 rings (SSSR count). The van der Waals surface area contributed by atoms with Gasteiger partial charge in [0.2, 0.25) is 0 Å². The molecule has 76 valence electrons. The Morgan fingerprint density at radius 2 is 2.21 bits per heavy atom. The van der Waals surface area contributed by atoms with Gasteiger partial charge in [-0.1, -0.05) is 36.6 Å². The first-order valence-electron chi connectivity index (χ1n) is 5.26. The number of nitrogens with one attached hydrogen (secondary N) is 1. The minimum atomic E-state index is 0.864. The van der Waals surface area contributed by atoms with Gasteiger partial charge in [-0.25, -0.2) is 0 Å². The number of hydrogen-bond donors (Lipinski definition) is 1. The maximum absolute atomic E-state index is 6.16. The molecule has 0 amide bonds. The highest BCUT2D eigenvalue weighted by atomic mass is 35.5. The molecule has 0 saturated heterocycles. The summed E-state index contributed by atoms with van der Waals surface area (Å²) in [4.78, 5) is 0. The normalized spacial score (nSPS) is 15.6. The number of anilines is 1. The van der Waals surface area contributed by atoms with Gasteiger partial charge in [-0.05, 0) is 30.9 Å². The van der Waals surface area contributed by atoms with Crippen LogP contribution in [-0.4, -0.2) is 6.54 Å². The highest BCUT2D eigenvalue weighted by Crippen LogP contribution is 2.32. The van der Waals surface area contributed by atoms with E-state index >= 15 is 0 Å². The van der Waals surface area contributed by atoms with Crippen molar-refractivity contribution in [2.24, 2.45) is 5.92 Å². The van der Waals surface area contributed by atoms with E-state index in [0.717, 1.165) is 28.7 Å². The van der Waals surface area contributed by atoms with Crippen LogP contribution in [0, 0.1) is 12.8 Å². The van der Waals surface area contributed by atoms with Crippen molar-refractivity contribution in [2.45, 2.75) is 26.2 Å². The first kappa shape index (κ1) is 9.85. The lowest BCUT2D eigenvalue weighted by Gasteiger charge is -2.09. The Balaban J connectivity index is 1.90. The predicted octanol–water partition coefficient (Wildman–Crippen LogP) is 3.86. The summed E-state index contributed by atoms with van der Waals surface area (Å²) in [5, 5.41) is 4.26. The maximum atomic E-state index is 6.16. The van der Waals surface area contributed by atoms with Crippen LogP contribution >= 0.6 is 11.6 Å². The molecule has 1 aromatic rings. The molecule has 1 fully saturated rings. The van der Waals surface area contributed by atoms with Crippen molar-refractivity contribution < 1.29 is 0 Å². The summed E-state index contributed by atoms with van der Waals surface area (Å²) in [6.45, 7) is 3.09. The van der Waals surface area contributed by atoms with E-state index in [1.165, 1.54) is 19.3 Å². The minimum Gasteiger partial charge on any atom is -0.384 e. The molecule has 0 aliphatic heterocycles. The Bertz CT molecular complexity index is 318. The van der Waals surface area contributed by atoms with E-state index in [9.17, 15) is 0 Å². The molecule has 0 aromatic heterocycles. The topological polar surface area (TPSA) is 12.0 Å². The second-order valence-electron chi connectivity index (χ2n) is 4.10. The fourth-order valence-corrected chi connectivity index (χ4v) is 1.79. The minimum absolute atomic E-state index is 0.864. The summed E-state index contributed by atoms with van der Waals surface area (Å²) in [5.41, 5.74) is 2.22. The smallest absolute Gasteiger partial charge is 0.0666 e. The van der Waals surface area contributed by atoms with E-state index in [1.807, 2.05) is 25.1 Å². The van der Waals surface area contributed by atoms with Crippen molar-refractivity contribution in [3.8, 4) is 0 Å². The van der Waals surface area contributed by atoms with Gasteiger partial charge in [-0.2, -0.15) is 0 Å². The van der Waals surface area contributed by atoms with E-state index in [4.69, 9.17) is 11.6 Å². The second-order valence-corrected chi connectivity index (χ2v) is 4.47. The number of hydrogen-bond acceptors (Lipinski definition) is 1. The summed E-state index contributed by atoms with van der Waals surface area (Å²) in [6, 6.07) is 6.12. The first-order valence-corrected chi connectivity index (χ1v) is 5.64. The summed E-state index contributed by atoms with van der Waals surface area (Å²) in [7, 11) is 0. The van der Waals surface area contributed by atoms with Crippen molar-refractivity contribution >= 4 is 17.3 Å². The van der Waals surface area contributed by atoms with Crippen LogP contribution in [0.4, 0.5) is 5.69 Å².